The number of H-pyrrole nitrogens is 2. The zero-order chi connectivity index (χ0) is 24.0. The normalized spacial score (nSPS) is 18.0. The van der Waals surface area contributed by atoms with Gasteiger partial charge in [0.15, 0.2) is 0 Å². The van der Waals surface area contributed by atoms with E-state index in [4.69, 9.17) is 0 Å². The minimum Gasteiger partial charge on any atom is -0.341 e. The number of nitrogens with zero attached hydrogens (tertiary/aromatic N) is 2. The van der Waals surface area contributed by atoms with Crippen molar-refractivity contribution in [2.24, 2.45) is 0 Å². The number of rotatable bonds is 7. The maximum Gasteiger partial charge on any atom is 0.207 e. The molecule has 4 aromatic rings. The van der Waals surface area contributed by atoms with Crippen LogP contribution in [0.3, 0.4) is 0 Å². The number of hydrogen-bond acceptors (Lipinski definition) is 6. The van der Waals surface area contributed by atoms with Crippen LogP contribution in [0.2, 0.25) is 0 Å². The molecule has 2 aromatic heterocycles. The molecule has 2 aromatic carbocycles. The summed E-state index contributed by atoms with van der Waals surface area (Å²) >= 11 is 0. The molecule has 35 heavy (non-hydrogen) atoms. The Balaban J connectivity index is 1.31. The van der Waals surface area contributed by atoms with Gasteiger partial charge in [-0.3, -0.25) is 0 Å². The lowest BCUT2D eigenvalue weighted by atomic mass is 10.0. The van der Waals surface area contributed by atoms with E-state index in [1.165, 1.54) is 0 Å². The predicted octanol–water partition coefficient (Wildman–Crippen LogP) is 4.20. The van der Waals surface area contributed by atoms with Gasteiger partial charge >= 0.3 is 0 Å². The molecule has 8 nitrogen and oxygen atoms in total. The Morgan fingerprint density at radius 1 is 0.971 bits per heavy atom. The number of imidazole rings is 2. The standard InChI is InChI=1S/C26H28N6O2S/c1-2-9-27-15-25-29-13-21(31-25)16-5-7-18-19-8-6-17(12-24(19)35(33,34)23(18)11-16)22-14-30-26(32-22)20-4-3-10-28-20/h5-8,11-14,20,27-28H,2-4,9-10,15H2,1H3,(H,29,31)(H,30,32)/t20-/m0/s1. The number of benzene rings is 2. The molecular weight excluding hydrogens is 460 g/mol. The first-order chi connectivity index (χ1) is 17.0. The summed E-state index contributed by atoms with van der Waals surface area (Å²) in [6.07, 6.45) is 6.78. The predicted molar refractivity (Wildman–Crippen MR) is 134 cm³/mol. The van der Waals surface area contributed by atoms with Gasteiger partial charge in [-0.1, -0.05) is 31.2 Å². The van der Waals surface area contributed by atoms with E-state index in [0.29, 0.717) is 16.3 Å². The molecule has 2 aliphatic heterocycles. The van der Waals surface area contributed by atoms with Crippen LogP contribution in [0.4, 0.5) is 0 Å². The Morgan fingerprint density at radius 2 is 1.66 bits per heavy atom. The van der Waals surface area contributed by atoms with Gasteiger partial charge in [0.25, 0.3) is 0 Å². The third kappa shape index (κ3) is 3.89. The summed E-state index contributed by atoms with van der Waals surface area (Å²) in [4.78, 5) is 16.3. The largest absolute Gasteiger partial charge is 0.341 e. The van der Waals surface area contributed by atoms with Crippen LogP contribution in [0.25, 0.3) is 33.6 Å². The van der Waals surface area contributed by atoms with E-state index in [-0.39, 0.29) is 6.04 Å². The molecule has 0 bridgehead atoms. The fourth-order valence-corrected chi connectivity index (χ4v) is 6.69. The average Bonchev–Trinajstić information content (AvgIpc) is 3.67. The quantitative estimate of drug-likeness (QED) is 0.255. The van der Waals surface area contributed by atoms with Gasteiger partial charge < -0.3 is 20.6 Å². The maximum atomic E-state index is 13.6. The van der Waals surface area contributed by atoms with Crippen LogP contribution in [0.5, 0.6) is 0 Å². The molecule has 4 heterocycles. The lowest BCUT2D eigenvalue weighted by Gasteiger charge is -2.06. The molecule has 0 radical (unpaired) electrons. The molecule has 0 unspecified atom stereocenters. The second-order valence-electron chi connectivity index (χ2n) is 9.18. The van der Waals surface area contributed by atoms with E-state index in [9.17, 15) is 8.42 Å². The average molecular weight is 489 g/mol. The summed E-state index contributed by atoms with van der Waals surface area (Å²) in [7, 11) is -3.64. The van der Waals surface area contributed by atoms with Crippen molar-refractivity contribution in [2.45, 2.75) is 48.6 Å². The zero-order valence-electron chi connectivity index (χ0n) is 19.6. The fraction of sp³-hybridized carbons (Fsp3) is 0.308. The van der Waals surface area contributed by atoms with Crippen LogP contribution >= 0.6 is 0 Å². The van der Waals surface area contributed by atoms with Gasteiger partial charge in [0.2, 0.25) is 9.84 Å². The van der Waals surface area contributed by atoms with Crippen molar-refractivity contribution in [1.82, 2.24) is 30.6 Å². The molecule has 0 spiro atoms. The van der Waals surface area contributed by atoms with Crippen molar-refractivity contribution in [3.63, 3.8) is 0 Å². The molecule has 0 amide bonds. The highest BCUT2D eigenvalue weighted by molar-refractivity contribution is 7.92. The molecule has 4 N–H and O–H groups in total. The first-order valence-electron chi connectivity index (χ1n) is 12.1. The molecular formula is C26H28N6O2S. The summed E-state index contributed by atoms with van der Waals surface area (Å²) in [6, 6.07) is 11.4. The summed E-state index contributed by atoms with van der Waals surface area (Å²) in [5.41, 5.74) is 4.72. The van der Waals surface area contributed by atoms with Crippen LogP contribution in [0, 0.1) is 0 Å². The van der Waals surface area contributed by atoms with Crippen LogP contribution in [0.1, 0.15) is 43.9 Å². The first kappa shape index (κ1) is 22.2. The first-order valence-corrected chi connectivity index (χ1v) is 13.6. The van der Waals surface area contributed by atoms with Gasteiger partial charge in [-0.2, -0.15) is 0 Å². The zero-order valence-corrected chi connectivity index (χ0v) is 20.4. The van der Waals surface area contributed by atoms with E-state index in [0.717, 1.165) is 77.6 Å². The molecule has 1 saturated heterocycles. The van der Waals surface area contributed by atoms with Gasteiger partial charge in [-0.05, 0) is 44.5 Å². The summed E-state index contributed by atoms with van der Waals surface area (Å²) in [5, 5.41) is 6.76. The Hall–Kier alpha value is -3.27. The number of sulfone groups is 1. The Morgan fingerprint density at radius 3 is 2.31 bits per heavy atom. The van der Waals surface area contributed by atoms with Crippen molar-refractivity contribution < 1.29 is 8.42 Å². The van der Waals surface area contributed by atoms with Crippen molar-refractivity contribution in [3.8, 4) is 33.6 Å². The highest BCUT2D eigenvalue weighted by Crippen LogP contribution is 2.45. The van der Waals surface area contributed by atoms with Gasteiger partial charge in [0.1, 0.15) is 11.6 Å². The molecule has 1 atom stereocenters. The highest BCUT2D eigenvalue weighted by Gasteiger charge is 2.34. The lowest BCUT2D eigenvalue weighted by molar-refractivity contribution is 0.598. The minimum absolute atomic E-state index is 0.231. The van der Waals surface area contributed by atoms with Gasteiger partial charge in [0.05, 0.1) is 46.2 Å². The van der Waals surface area contributed by atoms with Crippen LogP contribution in [-0.4, -0.2) is 41.4 Å². The number of aromatic amines is 2. The van der Waals surface area contributed by atoms with E-state index >= 15 is 0 Å². The summed E-state index contributed by atoms with van der Waals surface area (Å²) in [5.74, 6) is 1.73. The summed E-state index contributed by atoms with van der Waals surface area (Å²) in [6.45, 7) is 4.68. The third-order valence-electron chi connectivity index (χ3n) is 6.79. The monoisotopic (exact) mass is 488 g/mol. The van der Waals surface area contributed by atoms with Crippen LogP contribution < -0.4 is 10.6 Å². The number of nitrogens with one attached hydrogen (secondary N) is 4. The molecule has 6 rings (SSSR count). The van der Waals surface area contributed by atoms with E-state index < -0.39 is 9.84 Å². The number of hydrogen-bond donors (Lipinski definition) is 4. The Labute approximate surface area is 204 Å². The van der Waals surface area contributed by atoms with E-state index in [1.807, 2.05) is 24.3 Å². The highest BCUT2D eigenvalue weighted by atomic mass is 32.2. The van der Waals surface area contributed by atoms with Gasteiger partial charge in [-0.15, -0.1) is 0 Å². The van der Waals surface area contributed by atoms with Crippen LogP contribution in [-0.2, 0) is 16.4 Å². The molecule has 1 fully saturated rings. The van der Waals surface area contributed by atoms with Crippen molar-refractivity contribution in [2.75, 3.05) is 13.1 Å². The van der Waals surface area contributed by atoms with Gasteiger partial charge in [0, 0.05) is 22.3 Å². The third-order valence-corrected chi connectivity index (χ3v) is 8.62. The minimum atomic E-state index is -3.64. The molecule has 2 aliphatic rings. The lowest BCUT2D eigenvalue weighted by Crippen LogP contribution is -2.14. The Bertz CT molecular complexity index is 1500. The number of aromatic nitrogens is 4. The SMILES string of the molecule is CCCNCc1ncc(-c2ccc3c(c2)S(=O)(=O)c2cc(-c4cnc([C@@H]5CCCN5)[nH]4)ccc2-3)[nH]1. The van der Waals surface area contributed by atoms with E-state index in [2.05, 4.69) is 37.5 Å². The Kier molecular flexibility index (Phi) is 5.55. The smallest absolute Gasteiger partial charge is 0.207 e. The molecule has 0 saturated carbocycles. The van der Waals surface area contributed by atoms with Crippen molar-refractivity contribution in [3.05, 3.63) is 60.4 Å². The summed E-state index contributed by atoms with van der Waals surface area (Å²) < 4.78 is 27.1. The second-order valence-corrected chi connectivity index (χ2v) is 11.1. The van der Waals surface area contributed by atoms with Crippen LogP contribution in [0.15, 0.2) is 58.6 Å². The van der Waals surface area contributed by atoms with Gasteiger partial charge in [-0.25, -0.2) is 18.4 Å². The van der Waals surface area contributed by atoms with E-state index in [1.54, 1.807) is 24.5 Å². The van der Waals surface area contributed by atoms with Crippen molar-refractivity contribution in [1.29, 1.82) is 0 Å². The topological polar surface area (TPSA) is 116 Å². The molecule has 0 aliphatic carbocycles. The molecule has 180 valence electrons. The maximum absolute atomic E-state index is 13.6. The van der Waals surface area contributed by atoms with Crippen molar-refractivity contribution >= 4 is 9.84 Å². The fourth-order valence-electron chi connectivity index (χ4n) is 4.95. The number of fused-ring (bicyclic) bond motifs is 3. The second kappa shape index (κ2) is 8.75. The molecule has 9 heteroatoms.